The predicted molar refractivity (Wildman–Crippen MR) is 123 cm³/mol. The predicted octanol–water partition coefficient (Wildman–Crippen LogP) is 5.30. The number of nitrogens with zero attached hydrogens (tertiary/aromatic N) is 1. The highest BCUT2D eigenvalue weighted by atomic mass is 16.5. The van der Waals surface area contributed by atoms with Crippen molar-refractivity contribution in [1.82, 2.24) is 15.3 Å². The van der Waals surface area contributed by atoms with Gasteiger partial charge in [0.1, 0.15) is 11.6 Å². The number of H-pyrrole nitrogens is 1. The van der Waals surface area contributed by atoms with Crippen LogP contribution in [0.5, 0.6) is 5.75 Å². The van der Waals surface area contributed by atoms with E-state index in [-0.39, 0.29) is 5.91 Å². The maximum Gasteiger partial charge on any atom is 0.251 e. The highest BCUT2D eigenvalue weighted by molar-refractivity contribution is 5.95. The lowest BCUT2D eigenvalue weighted by atomic mass is 10.0. The van der Waals surface area contributed by atoms with E-state index in [1.165, 1.54) is 0 Å². The Morgan fingerprint density at radius 2 is 1.77 bits per heavy atom. The molecule has 0 aliphatic rings. The Hall–Kier alpha value is -3.86. The number of hydrogen-bond donors (Lipinski definition) is 2. The Kier molecular flexibility index (Phi) is 5.85. The second-order valence-corrected chi connectivity index (χ2v) is 7.50. The molecule has 3 aromatic carbocycles. The number of aromatic nitrogens is 2. The molecule has 0 saturated heterocycles. The normalized spacial score (nSPS) is 10.7. The van der Waals surface area contributed by atoms with E-state index in [2.05, 4.69) is 15.3 Å². The molecule has 0 atom stereocenters. The van der Waals surface area contributed by atoms with Gasteiger partial charge in [0.25, 0.3) is 5.91 Å². The van der Waals surface area contributed by atoms with E-state index >= 15 is 0 Å². The first-order valence-corrected chi connectivity index (χ1v) is 10.2. The first kappa shape index (κ1) is 20.4. The molecular formula is C26H25N3O2. The third kappa shape index (κ3) is 4.51. The zero-order valence-electron chi connectivity index (χ0n) is 17.9. The van der Waals surface area contributed by atoms with Gasteiger partial charge < -0.3 is 15.0 Å². The average Bonchev–Trinajstić information content (AvgIpc) is 3.30. The number of ether oxygens (including phenoxy) is 1. The summed E-state index contributed by atoms with van der Waals surface area (Å²) in [6.45, 7) is 4.46. The quantitative estimate of drug-likeness (QED) is 0.452. The fraction of sp³-hybridized carbons (Fsp3) is 0.154. The molecule has 0 radical (unpaired) electrons. The molecule has 0 saturated carbocycles. The van der Waals surface area contributed by atoms with E-state index in [4.69, 9.17) is 4.74 Å². The van der Waals surface area contributed by atoms with E-state index in [1.807, 2.05) is 86.8 Å². The summed E-state index contributed by atoms with van der Waals surface area (Å²) in [5, 5.41) is 3.00. The van der Waals surface area contributed by atoms with Crippen molar-refractivity contribution < 1.29 is 9.53 Å². The molecule has 0 aliphatic heterocycles. The smallest absolute Gasteiger partial charge is 0.251 e. The average molecular weight is 412 g/mol. The fourth-order valence-corrected chi connectivity index (χ4v) is 3.46. The first-order chi connectivity index (χ1) is 15.0. The molecule has 1 aromatic heterocycles. The van der Waals surface area contributed by atoms with Crippen LogP contribution in [-0.4, -0.2) is 23.0 Å². The molecule has 1 heterocycles. The van der Waals surface area contributed by atoms with Crippen LogP contribution in [0.15, 0.2) is 72.9 Å². The maximum absolute atomic E-state index is 12.5. The summed E-state index contributed by atoms with van der Waals surface area (Å²) in [7, 11) is 1.66. The molecule has 4 aromatic rings. The second-order valence-electron chi connectivity index (χ2n) is 7.50. The number of amides is 1. The van der Waals surface area contributed by atoms with Crippen LogP contribution < -0.4 is 10.1 Å². The number of carbonyl (C=O) groups is 1. The van der Waals surface area contributed by atoms with Crippen molar-refractivity contribution >= 4 is 5.91 Å². The van der Waals surface area contributed by atoms with Gasteiger partial charge in [0.05, 0.1) is 19.0 Å². The van der Waals surface area contributed by atoms with Gasteiger partial charge in [0.15, 0.2) is 0 Å². The minimum absolute atomic E-state index is 0.0563. The van der Waals surface area contributed by atoms with Crippen LogP contribution in [0, 0.1) is 13.8 Å². The Balaban J connectivity index is 1.43. The van der Waals surface area contributed by atoms with Crippen molar-refractivity contribution in [1.29, 1.82) is 0 Å². The zero-order chi connectivity index (χ0) is 21.8. The standard InChI is InChI=1S/C26H25N3O2/c1-17-6-4-9-23(18(17)2)26(30)28-15-19-10-12-20(13-11-19)25-27-16-24(29-25)21-7-5-8-22(14-21)31-3/h4-14,16H,15H2,1-3H3,(H,27,29)(H,28,30). The number of methoxy groups -OCH3 is 1. The number of hydrogen-bond acceptors (Lipinski definition) is 3. The van der Waals surface area contributed by atoms with Crippen molar-refractivity contribution in [2.45, 2.75) is 20.4 Å². The number of aryl methyl sites for hydroxylation is 1. The van der Waals surface area contributed by atoms with E-state index < -0.39 is 0 Å². The Morgan fingerprint density at radius 1 is 1.00 bits per heavy atom. The van der Waals surface area contributed by atoms with Gasteiger partial charge >= 0.3 is 0 Å². The molecule has 31 heavy (non-hydrogen) atoms. The molecule has 0 aliphatic carbocycles. The lowest BCUT2D eigenvalue weighted by molar-refractivity contribution is 0.0950. The van der Waals surface area contributed by atoms with Crippen molar-refractivity contribution in [2.24, 2.45) is 0 Å². The number of aromatic amines is 1. The maximum atomic E-state index is 12.5. The third-order valence-electron chi connectivity index (χ3n) is 5.49. The molecule has 0 bridgehead atoms. The fourth-order valence-electron chi connectivity index (χ4n) is 3.46. The van der Waals surface area contributed by atoms with Gasteiger partial charge in [-0.05, 0) is 48.7 Å². The highest BCUT2D eigenvalue weighted by Crippen LogP contribution is 2.25. The summed E-state index contributed by atoms with van der Waals surface area (Å²) in [5.74, 6) is 1.55. The van der Waals surface area contributed by atoms with E-state index in [9.17, 15) is 4.79 Å². The monoisotopic (exact) mass is 411 g/mol. The van der Waals surface area contributed by atoms with Gasteiger partial charge in [-0.1, -0.05) is 48.5 Å². The van der Waals surface area contributed by atoms with Crippen LogP contribution in [0.4, 0.5) is 0 Å². The van der Waals surface area contributed by atoms with Gasteiger partial charge in [0.2, 0.25) is 0 Å². The van der Waals surface area contributed by atoms with Crippen molar-refractivity contribution in [2.75, 3.05) is 7.11 Å². The van der Waals surface area contributed by atoms with Crippen LogP contribution in [0.25, 0.3) is 22.6 Å². The van der Waals surface area contributed by atoms with Crippen molar-refractivity contribution in [3.05, 3.63) is 95.2 Å². The second kappa shape index (κ2) is 8.88. The molecule has 5 nitrogen and oxygen atoms in total. The van der Waals surface area contributed by atoms with Gasteiger partial charge in [-0.3, -0.25) is 4.79 Å². The minimum Gasteiger partial charge on any atom is -0.497 e. The lowest BCUT2D eigenvalue weighted by Crippen LogP contribution is -2.23. The highest BCUT2D eigenvalue weighted by Gasteiger charge is 2.10. The van der Waals surface area contributed by atoms with Crippen LogP contribution in [0.1, 0.15) is 27.0 Å². The summed E-state index contributed by atoms with van der Waals surface area (Å²) in [6, 6.07) is 21.7. The van der Waals surface area contributed by atoms with Crippen LogP contribution in [0.3, 0.4) is 0 Å². The molecule has 156 valence electrons. The minimum atomic E-state index is -0.0563. The third-order valence-corrected chi connectivity index (χ3v) is 5.49. The van der Waals surface area contributed by atoms with Crippen LogP contribution >= 0.6 is 0 Å². The summed E-state index contributed by atoms with van der Waals surface area (Å²) >= 11 is 0. The van der Waals surface area contributed by atoms with Crippen LogP contribution in [-0.2, 0) is 6.54 Å². The molecule has 0 unspecified atom stereocenters. The van der Waals surface area contributed by atoms with Crippen molar-refractivity contribution in [3.8, 4) is 28.4 Å². The van der Waals surface area contributed by atoms with E-state index in [0.717, 1.165) is 50.6 Å². The molecule has 4 rings (SSSR count). The Bertz CT molecular complexity index is 1210. The molecule has 2 N–H and O–H groups in total. The summed E-state index contributed by atoms with van der Waals surface area (Å²) in [6.07, 6.45) is 1.82. The Labute approximate surface area is 182 Å². The molecule has 0 fully saturated rings. The number of nitrogens with one attached hydrogen (secondary N) is 2. The first-order valence-electron chi connectivity index (χ1n) is 10.2. The molecule has 1 amide bonds. The topological polar surface area (TPSA) is 67.0 Å². The lowest BCUT2D eigenvalue weighted by Gasteiger charge is -2.10. The Morgan fingerprint density at radius 3 is 2.55 bits per heavy atom. The van der Waals surface area contributed by atoms with Gasteiger partial charge in [-0.2, -0.15) is 0 Å². The molecule has 0 spiro atoms. The largest absolute Gasteiger partial charge is 0.497 e. The number of benzene rings is 3. The van der Waals surface area contributed by atoms with E-state index in [1.54, 1.807) is 7.11 Å². The zero-order valence-corrected chi connectivity index (χ0v) is 17.9. The summed E-state index contributed by atoms with van der Waals surface area (Å²) in [5.41, 5.74) is 6.81. The SMILES string of the molecule is COc1cccc(-c2cnc(-c3ccc(CNC(=O)c4cccc(C)c4C)cc3)[nH]2)c1. The van der Waals surface area contributed by atoms with Crippen LogP contribution in [0.2, 0.25) is 0 Å². The van der Waals surface area contributed by atoms with Gasteiger partial charge in [-0.15, -0.1) is 0 Å². The van der Waals surface area contributed by atoms with Crippen molar-refractivity contribution in [3.63, 3.8) is 0 Å². The van der Waals surface area contributed by atoms with Gasteiger partial charge in [-0.25, -0.2) is 4.98 Å². The molecule has 5 heteroatoms. The summed E-state index contributed by atoms with van der Waals surface area (Å²) < 4.78 is 5.30. The number of carbonyl (C=O) groups excluding carboxylic acids is 1. The molecular weight excluding hydrogens is 386 g/mol. The summed E-state index contributed by atoms with van der Waals surface area (Å²) in [4.78, 5) is 20.4. The number of rotatable bonds is 6. The van der Waals surface area contributed by atoms with Gasteiger partial charge in [0, 0.05) is 23.2 Å². The van der Waals surface area contributed by atoms with E-state index in [0.29, 0.717) is 6.54 Å². The number of imidazole rings is 1.